The smallest absolute Gasteiger partial charge is 0.379 e. The van der Waals surface area contributed by atoms with Crippen molar-refractivity contribution in [2.75, 3.05) is 39.6 Å². The monoisotopic (exact) mass is 298 g/mol. The highest BCUT2D eigenvalue weighted by Crippen LogP contribution is 2.42. The fraction of sp³-hybridized carbons (Fsp3) is 1.00. The Morgan fingerprint density at radius 3 is 1.53 bits per heavy atom. The van der Waals surface area contributed by atoms with E-state index in [9.17, 15) is 9.46 Å². The minimum Gasteiger partial charge on any atom is -0.379 e. The lowest BCUT2D eigenvalue weighted by molar-refractivity contribution is 0.0471. The van der Waals surface area contributed by atoms with Crippen molar-refractivity contribution in [2.24, 2.45) is 11.8 Å². The Bertz CT molecular complexity index is 235. The third-order valence-electron chi connectivity index (χ3n) is 1.87. The van der Waals surface area contributed by atoms with E-state index in [4.69, 9.17) is 18.5 Å². The summed E-state index contributed by atoms with van der Waals surface area (Å²) in [6, 6.07) is 0. The molecular weight excluding hydrogens is 271 g/mol. The first-order valence-electron chi connectivity index (χ1n) is 6.61. The van der Waals surface area contributed by atoms with E-state index in [1.165, 1.54) is 0 Å². The molecule has 0 fully saturated rings. The van der Waals surface area contributed by atoms with Gasteiger partial charge in [-0.15, -0.1) is 0 Å². The van der Waals surface area contributed by atoms with Gasteiger partial charge in [0.25, 0.3) is 0 Å². The molecule has 0 amide bonds. The summed E-state index contributed by atoms with van der Waals surface area (Å²) in [7, 11) is -3.98. The van der Waals surface area contributed by atoms with Crippen LogP contribution in [0, 0.1) is 11.8 Å². The van der Waals surface area contributed by atoms with Crippen LogP contribution in [-0.2, 0) is 23.1 Å². The van der Waals surface area contributed by atoms with Crippen molar-refractivity contribution in [3.05, 3.63) is 0 Å². The molecule has 116 valence electrons. The lowest BCUT2D eigenvalue weighted by Gasteiger charge is -2.13. The van der Waals surface area contributed by atoms with Crippen LogP contribution in [0.1, 0.15) is 27.7 Å². The number of hydrogen-bond acceptors (Lipinski definition) is 5. The fourth-order valence-corrected chi connectivity index (χ4v) is 1.78. The lowest BCUT2D eigenvalue weighted by atomic mass is 10.2. The van der Waals surface area contributed by atoms with Gasteiger partial charge < -0.3 is 14.4 Å². The summed E-state index contributed by atoms with van der Waals surface area (Å²) < 4.78 is 31.3. The second kappa shape index (κ2) is 10.8. The number of phosphoric acid groups is 1. The molecule has 7 heteroatoms. The molecule has 0 aliphatic carbocycles. The van der Waals surface area contributed by atoms with Crippen LogP contribution in [0.4, 0.5) is 0 Å². The number of phosphoric ester groups is 1. The molecule has 0 aliphatic rings. The molecule has 0 aliphatic heterocycles. The molecule has 0 aromatic heterocycles. The van der Waals surface area contributed by atoms with Crippen molar-refractivity contribution in [1.82, 2.24) is 0 Å². The van der Waals surface area contributed by atoms with Gasteiger partial charge in [0.1, 0.15) is 0 Å². The van der Waals surface area contributed by atoms with E-state index in [2.05, 4.69) is 0 Å². The van der Waals surface area contributed by atoms with Crippen LogP contribution in [0.3, 0.4) is 0 Å². The molecule has 0 aromatic rings. The van der Waals surface area contributed by atoms with Gasteiger partial charge >= 0.3 is 7.82 Å². The molecule has 0 saturated carbocycles. The summed E-state index contributed by atoms with van der Waals surface area (Å²) in [5.74, 6) is 0.852. The first kappa shape index (κ1) is 19.0. The molecule has 0 bridgehead atoms. The predicted molar refractivity (Wildman–Crippen MR) is 73.0 cm³/mol. The average molecular weight is 298 g/mol. The summed E-state index contributed by atoms with van der Waals surface area (Å²) in [5, 5.41) is 0. The minimum absolute atomic E-state index is 0.0351. The Balaban J connectivity index is 3.50. The van der Waals surface area contributed by atoms with Gasteiger partial charge in [-0.05, 0) is 11.8 Å². The SMILES string of the molecule is CC(C)COCCOP(=O)(O)OCCOCC(C)C. The van der Waals surface area contributed by atoms with E-state index in [0.29, 0.717) is 25.0 Å². The van der Waals surface area contributed by atoms with E-state index < -0.39 is 7.82 Å². The van der Waals surface area contributed by atoms with E-state index in [1.54, 1.807) is 0 Å². The highest BCUT2D eigenvalue weighted by atomic mass is 31.2. The average Bonchev–Trinajstić information content (AvgIpc) is 2.27. The first-order chi connectivity index (χ1) is 8.83. The zero-order chi connectivity index (χ0) is 14.7. The molecule has 0 radical (unpaired) electrons. The maximum absolute atomic E-state index is 11.4. The molecule has 0 unspecified atom stereocenters. The second-order valence-corrected chi connectivity index (χ2v) is 6.53. The van der Waals surface area contributed by atoms with Crippen LogP contribution in [0.15, 0.2) is 0 Å². The summed E-state index contributed by atoms with van der Waals surface area (Å²) in [4.78, 5) is 9.33. The standard InChI is InChI=1S/C12H27O6P/c1-11(2)9-15-5-7-17-19(13,14)18-8-6-16-10-12(3)4/h11-12H,5-10H2,1-4H3,(H,13,14). The normalized spacial score (nSPS) is 12.6. The van der Waals surface area contributed by atoms with Crippen molar-refractivity contribution in [3.8, 4) is 0 Å². The fourth-order valence-electron chi connectivity index (χ4n) is 1.10. The van der Waals surface area contributed by atoms with Crippen molar-refractivity contribution in [1.29, 1.82) is 0 Å². The molecular formula is C12H27O6P. The van der Waals surface area contributed by atoms with Crippen molar-refractivity contribution in [2.45, 2.75) is 27.7 Å². The van der Waals surface area contributed by atoms with Crippen LogP contribution in [0.2, 0.25) is 0 Å². The summed E-state index contributed by atoms with van der Waals surface area (Å²) in [6.45, 7) is 9.92. The van der Waals surface area contributed by atoms with Crippen molar-refractivity contribution < 1.29 is 28.0 Å². The Morgan fingerprint density at radius 2 is 1.21 bits per heavy atom. The third-order valence-corrected chi connectivity index (χ3v) is 2.88. The Morgan fingerprint density at radius 1 is 0.842 bits per heavy atom. The Labute approximate surface area is 116 Å². The number of hydrogen-bond donors (Lipinski definition) is 1. The Hall–Kier alpha value is 0.0300. The van der Waals surface area contributed by atoms with Gasteiger partial charge in [-0.2, -0.15) is 0 Å². The zero-order valence-corrected chi connectivity index (χ0v) is 13.2. The quantitative estimate of drug-likeness (QED) is 0.441. The lowest BCUT2D eigenvalue weighted by Crippen LogP contribution is -2.10. The van der Waals surface area contributed by atoms with Crippen LogP contribution in [-0.4, -0.2) is 44.5 Å². The largest absolute Gasteiger partial charge is 0.472 e. The highest BCUT2D eigenvalue weighted by molar-refractivity contribution is 7.47. The van der Waals surface area contributed by atoms with Gasteiger partial charge in [-0.3, -0.25) is 9.05 Å². The minimum atomic E-state index is -3.98. The van der Waals surface area contributed by atoms with Crippen LogP contribution < -0.4 is 0 Å². The summed E-state index contributed by atoms with van der Waals surface area (Å²) in [5.41, 5.74) is 0. The topological polar surface area (TPSA) is 74.2 Å². The predicted octanol–water partition coefficient (Wildman–Crippen LogP) is 2.47. The van der Waals surface area contributed by atoms with E-state index in [0.717, 1.165) is 0 Å². The van der Waals surface area contributed by atoms with Crippen molar-refractivity contribution in [3.63, 3.8) is 0 Å². The molecule has 1 N–H and O–H groups in total. The van der Waals surface area contributed by atoms with Gasteiger partial charge in [-0.1, -0.05) is 27.7 Å². The Kier molecular flexibility index (Phi) is 10.8. The molecule has 6 nitrogen and oxygen atoms in total. The first-order valence-corrected chi connectivity index (χ1v) is 8.10. The molecule has 0 heterocycles. The zero-order valence-electron chi connectivity index (χ0n) is 12.3. The third kappa shape index (κ3) is 14.3. The van der Waals surface area contributed by atoms with Gasteiger partial charge in [-0.25, -0.2) is 4.57 Å². The van der Waals surface area contributed by atoms with E-state index in [-0.39, 0.29) is 26.4 Å². The molecule has 0 spiro atoms. The summed E-state index contributed by atoms with van der Waals surface area (Å²) >= 11 is 0. The van der Waals surface area contributed by atoms with Gasteiger partial charge in [0.05, 0.1) is 26.4 Å². The van der Waals surface area contributed by atoms with Gasteiger partial charge in [0, 0.05) is 13.2 Å². The van der Waals surface area contributed by atoms with Crippen LogP contribution >= 0.6 is 7.82 Å². The number of rotatable bonds is 12. The van der Waals surface area contributed by atoms with Gasteiger partial charge in [0.15, 0.2) is 0 Å². The van der Waals surface area contributed by atoms with Crippen LogP contribution in [0.5, 0.6) is 0 Å². The summed E-state index contributed by atoms with van der Waals surface area (Å²) in [6.07, 6.45) is 0. The van der Waals surface area contributed by atoms with E-state index >= 15 is 0 Å². The van der Waals surface area contributed by atoms with Crippen LogP contribution in [0.25, 0.3) is 0 Å². The molecule has 0 rings (SSSR count). The molecule has 0 saturated heterocycles. The van der Waals surface area contributed by atoms with Gasteiger partial charge in [0.2, 0.25) is 0 Å². The number of ether oxygens (including phenoxy) is 2. The maximum atomic E-state index is 11.4. The highest BCUT2D eigenvalue weighted by Gasteiger charge is 2.20. The second-order valence-electron chi connectivity index (χ2n) is 5.07. The maximum Gasteiger partial charge on any atom is 0.472 e. The molecule has 19 heavy (non-hydrogen) atoms. The van der Waals surface area contributed by atoms with E-state index in [1.807, 2.05) is 27.7 Å². The van der Waals surface area contributed by atoms with Crippen molar-refractivity contribution >= 4 is 7.82 Å². The molecule has 0 aromatic carbocycles. The molecule has 0 atom stereocenters.